The van der Waals surface area contributed by atoms with Gasteiger partial charge in [0.1, 0.15) is 0 Å². The van der Waals surface area contributed by atoms with Crippen LogP contribution < -0.4 is 5.32 Å². The molecule has 0 spiro atoms. The maximum absolute atomic E-state index is 11.7. The largest absolute Gasteiger partial charge is 0.481 e. The molecule has 0 fully saturated rings. The molecule has 0 saturated carbocycles. The molecule has 0 heterocycles. The zero-order chi connectivity index (χ0) is 14.1. The molecule has 5 nitrogen and oxygen atoms in total. The minimum atomic E-state index is -0.840. The highest BCUT2D eigenvalue weighted by Crippen LogP contribution is 2.06. The fourth-order valence-corrected chi connectivity index (χ4v) is 1.59. The number of amides is 1. The predicted octanol–water partition coefficient (Wildman–Crippen LogP) is 1.33. The summed E-state index contributed by atoms with van der Waals surface area (Å²) in [5.41, 5.74) is 0. The van der Waals surface area contributed by atoms with Crippen LogP contribution in [0.25, 0.3) is 0 Å². The number of likely N-dealkylation sites (N-methyl/N-ethyl adjacent to an activating group) is 1. The first-order valence-electron chi connectivity index (χ1n) is 6.51. The summed E-state index contributed by atoms with van der Waals surface area (Å²) in [7, 11) is 1.75. The fourth-order valence-electron chi connectivity index (χ4n) is 1.59. The normalized spacial score (nSPS) is 12.8. The third-order valence-electron chi connectivity index (χ3n) is 2.71. The Balaban J connectivity index is 3.78. The molecule has 5 heteroatoms. The number of hydrogen-bond acceptors (Lipinski definition) is 3. The van der Waals surface area contributed by atoms with Gasteiger partial charge in [-0.25, -0.2) is 0 Å². The molecule has 106 valence electrons. The Kier molecular flexibility index (Phi) is 8.37. The van der Waals surface area contributed by atoms with Crippen molar-refractivity contribution < 1.29 is 14.7 Å². The molecule has 1 amide bonds. The standard InChI is InChI=1S/C13H26N2O3/c1-10(2)5-6-11(3)14-12(16)9-15(4)8-7-13(17)18/h10-11H,5-9H2,1-4H3,(H,14,16)(H,17,18). The molecule has 0 rings (SSSR count). The molecular weight excluding hydrogens is 232 g/mol. The lowest BCUT2D eigenvalue weighted by atomic mass is 10.0. The van der Waals surface area contributed by atoms with E-state index in [0.29, 0.717) is 12.5 Å². The lowest BCUT2D eigenvalue weighted by molar-refractivity contribution is -0.137. The summed E-state index contributed by atoms with van der Waals surface area (Å²) in [6, 6.07) is 0.174. The van der Waals surface area contributed by atoms with Crippen LogP contribution in [-0.2, 0) is 9.59 Å². The predicted molar refractivity (Wildman–Crippen MR) is 71.4 cm³/mol. The molecule has 1 unspecified atom stereocenters. The average Bonchev–Trinajstić information content (AvgIpc) is 2.23. The number of rotatable bonds is 9. The monoisotopic (exact) mass is 258 g/mol. The molecular formula is C13H26N2O3. The maximum atomic E-state index is 11.7. The smallest absolute Gasteiger partial charge is 0.304 e. The summed E-state index contributed by atoms with van der Waals surface area (Å²) in [4.78, 5) is 23.8. The van der Waals surface area contributed by atoms with E-state index in [9.17, 15) is 9.59 Å². The van der Waals surface area contributed by atoms with Gasteiger partial charge in [0.2, 0.25) is 5.91 Å². The molecule has 18 heavy (non-hydrogen) atoms. The van der Waals surface area contributed by atoms with Gasteiger partial charge in [0, 0.05) is 12.6 Å². The van der Waals surface area contributed by atoms with Gasteiger partial charge >= 0.3 is 5.97 Å². The number of carbonyl (C=O) groups is 2. The third-order valence-corrected chi connectivity index (χ3v) is 2.71. The highest BCUT2D eigenvalue weighted by Gasteiger charge is 2.11. The van der Waals surface area contributed by atoms with Crippen LogP contribution >= 0.6 is 0 Å². The van der Waals surface area contributed by atoms with Crippen molar-refractivity contribution in [2.24, 2.45) is 5.92 Å². The number of carboxylic acids is 1. The lowest BCUT2D eigenvalue weighted by Gasteiger charge is -2.18. The summed E-state index contributed by atoms with van der Waals surface area (Å²) < 4.78 is 0. The Morgan fingerprint density at radius 1 is 1.22 bits per heavy atom. The number of aliphatic carboxylic acids is 1. The number of nitrogens with one attached hydrogen (secondary N) is 1. The summed E-state index contributed by atoms with van der Waals surface area (Å²) in [6.07, 6.45) is 2.13. The highest BCUT2D eigenvalue weighted by atomic mass is 16.4. The van der Waals surface area contributed by atoms with Crippen molar-refractivity contribution in [2.45, 2.75) is 46.1 Å². The second-order valence-electron chi connectivity index (χ2n) is 5.32. The van der Waals surface area contributed by atoms with E-state index in [1.807, 2.05) is 6.92 Å². The molecule has 0 saturated heterocycles. The van der Waals surface area contributed by atoms with E-state index >= 15 is 0 Å². The van der Waals surface area contributed by atoms with Crippen molar-refractivity contribution in [1.29, 1.82) is 0 Å². The van der Waals surface area contributed by atoms with Crippen LogP contribution in [0, 0.1) is 5.92 Å². The molecule has 2 N–H and O–H groups in total. The summed E-state index contributed by atoms with van der Waals surface area (Å²) in [6.45, 7) is 6.96. The van der Waals surface area contributed by atoms with Gasteiger partial charge in [0.15, 0.2) is 0 Å². The van der Waals surface area contributed by atoms with E-state index in [2.05, 4.69) is 19.2 Å². The Labute approximate surface area is 110 Å². The van der Waals surface area contributed by atoms with Crippen LogP contribution in [-0.4, -0.2) is 48.1 Å². The molecule has 0 aromatic rings. The van der Waals surface area contributed by atoms with Gasteiger partial charge in [-0.15, -0.1) is 0 Å². The van der Waals surface area contributed by atoms with E-state index in [-0.39, 0.29) is 24.9 Å². The van der Waals surface area contributed by atoms with E-state index < -0.39 is 5.97 Å². The van der Waals surface area contributed by atoms with E-state index in [0.717, 1.165) is 12.8 Å². The first kappa shape index (κ1) is 16.9. The van der Waals surface area contributed by atoms with Crippen LogP contribution in [0.2, 0.25) is 0 Å². The van der Waals surface area contributed by atoms with Gasteiger partial charge in [-0.05, 0) is 32.7 Å². The molecule has 0 aliphatic heterocycles. The van der Waals surface area contributed by atoms with Crippen LogP contribution in [0.15, 0.2) is 0 Å². The van der Waals surface area contributed by atoms with Crippen molar-refractivity contribution in [2.75, 3.05) is 20.1 Å². The lowest BCUT2D eigenvalue weighted by Crippen LogP contribution is -2.40. The van der Waals surface area contributed by atoms with E-state index in [4.69, 9.17) is 5.11 Å². The van der Waals surface area contributed by atoms with Gasteiger partial charge in [-0.2, -0.15) is 0 Å². The van der Waals surface area contributed by atoms with Gasteiger partial charge in [0.25, 0.3) is 0 Å². The second-order valence-corrected chi connectivity index (χ2v) is 5.32. The molecule has 0 aromatic heterocycles. The van der Waals surface area contributed by atoms with E-state index in [1.165, 1.54) is 0 Å². The second kappa shape index (κ2) is 8.91. The summed E-state index contributed by atoms with van der Waals surface area (Å²) in [5.74, 6) is -0.241. The zero-order valence-electron chi connectivity index (χ0n) is 11.9. The quantitative estimate of drug-likeness (QED) is 0.654. The van der Waals surface area contributed by atoms with Crippen LogP contribution in [0.1, 0.15) is 40.0 Å². The zero-order valence-corrected chi connectivity index (χ0v) is 11.9. The Hall–Kier alpha value is -1.10. The average molecular weight is 258 g/mol. The van der Waals surface area contributed by atoms with Crippen molar-refractivity contribution in [3.05, 3.63) is 0 Å². The number of hydrogen-bond donors (Lipinski definition) is 2. The van der Waals surface area contributed by atoms with Crippen molar-refractivity contribution >= 4 is 11.9 Å². The number of carboxylic acid groups (broad SMARTS) is 1. The van der Waals surface area contributed by atoms with Crippen LogP contribution in [0.5, 0.6) is 0 Å². The molecule has 0 radical (unpaired) electrons. The van der Waals surface area contributed by atoms with Gasteiger partial charge in [-0.3, -0.25) is 14.5 Å². The first-order chi connectivity index (χ1) is 8.31. The number of carbonyl (C=O) groups excluding carboxylic acids is 1. The molecule has 0 aliphatic rings. The van der Waals surface area contributed by atoms with Crippen molar-refractivity contribution in [3.8, 4) is 0 Å². The van der Waals surface area contributed by atoms with Gasteiger partial charge < -0.3 is 10.4 Å². The Morgan fingerprint density at radius 2 is 1.83 bits per heavy atom. The molecule has 0 bridgehead atoms. The van der Waals surface area contributed by atoms with Crippen molar-refractivity contribution in [3.63, 3.8) is 0 Å². The van der Waals surface area contributed by atoms with E-state index in [1.54, 1.807) is 11.9 Å². The highest BCUT2D eigenvalue weighted by molar-refractivity contribution is 5.78. The van der Waals surface area contributed by atoms with Gasteiger partial charge in [-0.1, -0.05) is 13.8 Å². The first-order valence-corrected chi connectivity index (χ1v) is 6.51. The Bertz CT molecular complexity index is 267. The summed E-state index contributed by atoms with van der Waals surface area (Å²) in [5, 5.41) is 11.5. The van der Waals surface area contributed by atoms with Crippen molar-refractivity contribution in [1.82, 2.24) is 10.2 Å². The SMILES string of the molecule is CC(C)CCC(C)NC(=O)CN(C)CCC(=O)O. The minimum absolute atomic E-state index is 0.0425. The minimum Gasteiger partial charge on any atom is -0.481 e. The molecule has 0 aliphatic carbocycles. The molecule has 1 atom stereocenters. The third kappa shape index (κ3) is 10.1. The fraction of sp³-hybridized carbons (Fsp3) is 0.846. The van der Waals surface area contributed by atoms with Crippen LogP contribution in [0.4, 0.5) is 0 Å². The van der Waals surface area contributed by atoms with Gasteiger partial charge in [0.05, 0.1) is 13.0 Å². The maximum Gasteiger partial charge on any atom is 0.304 e. The number of nitrogens with zero attached hydrogens (tertiary/aromatic N) is 1. The van der Waals surface area contributed by atoms with Crippen LogP contribution in [0.3, 0.4) is 0 Å². The molecule has 0 aromatic carbocycles. The summed E-state index contributed by atoms with van der Waals surface area (Å²) >= 11 is 0. The Morgan fingerprint density at radius 3 is 2.33 bits per heavy atom. The topological polar surface area (TPSA) is 69.6 Å².